The molecule has 10 nitrogen and oxygen atoms in total. The number of likely N-dealkylation sites (tertiary alicyclic amines) is 1. The Morgan fingerprint density at radius 3 is 2.65 bits per heavy atom. The topological polar surface area (TPSA) is 126 Å². The number of hydrogen-bond donors (Lipinski definition) is 3. The summed E-state index contributed by atoms with van der Waals surface area (Å²) in [5.74, 6) is 2.21. The van der Waals surface area contributed by atoms with Gasteiger partial charge in [0, 0.05) is 36.1 Å². The Bertz CT molecular complexity index is 1590. The highest BCUT2D eigenvalue weighted by atomic mass is 16.5. The molecule has 3 N–H and O–H groups in total. The second-order valence-electron chi connectivity index (χ2n) is 11.5. The van der Waals surface area contributed by atoms with Crippen LogP contribution >= 0.6 is 0 Å². The lowest BCUT2D eigenvalue weighted by Gasteiger charge is -2.43. The lowest BCUT2D eigenvalue weighted by molar-refractivity contribution is -0.117. The molecule has 1 amide bonds. The molecule has 2 saturated heterocycles. The first-order chi connectivity index (χ1) is 19.4. The van der Waals surface area contributed by atoms with E-state index in [4.69, 9.17) is 14.1 Å². The monoisotopic (exact) mass is 542 g/mol. The van der Waals surface area contributed by atoms with Crippen molar-refractivity contribution < 1.29 is 19.1 Å². The molecule has 2 unspecified atom stereocenters. The van der Waals surface area contributed by atoms with Crippen molar-refractivity contribution in [2.75, 3.05) is 44.0 Å². The largest absolute Gasteiger partial charge is 0.436 e. The van der Waals surface area contributed by atoms with Gasteiger partial charge in [0.25, 0.3) is 0 Å². The van der Waals surface area contributed by atoms with E-state index in [0.717, 1.165) is 66.2 Å². The van der Waals surface area contributed by atoms with Gasteiger partial charge in [-0.05, 0) is 75.4 Å². The Morgan fingerprint density at radius 2 is 1.93 bits per heavy atom. The first-order valence-electron chi connectivity index (χ1n) is 14.1. The predicted molar refractivity (Wildman–Crippen MR) is 152 cm³/mol. The molecule has 0 spiro atoms. The molecule has 3 fully saturated rings. The summed E-state index contributed by atoms with van der Waals surface area (Å²) >= 11 is 0. The maximum atomic E-state index is 12.4. The maximum Gasteiger partial charge on any atom is 0.229 e. The van der Waals surface area contributed by atoms with Crippen LogP contribution in [0.15, 0.2) is 41.1 Å². The van der Waals surface area contributed by atoms with Crippen molar-refractivity contribution in [3.05, 3.63) is 42.2 Å². The first kappa shape index (κ1) is 25.4. The number of aliphatic hydroxyl groups excluding tert-OH is 1. The van der Waals surface area contributed by atoms with E-state index in [0.29, 0.717) is 36.7 Å². The average molecular weight is 543 g/mol. The fourth-order valence-corrected chi connectivity index (χ4v) is 6.14. The molecule has 0 radical (unpaired) electrons. The molecule has 0 bridgehead atoms. The van der Waals surface area contributed by atoms with Gasteiger partial charge in [0.2, 0.25) is 11.8 Å². The molecule has 1 aliphatic carbocycles. The van der Waals surface area contributed by atoms with Gasteiger partial charge in [-0.1, -0.05) is 6.07 Å². The average Bonchev–Trinajstić information content (AvgIpc) is 3.66. The minimum absolute atomic E-state index is 0.0124. The van der Waals surface area contributed by atoms with Crippen LogP contribution in [-0.2, 0) is 9.53 Å². The van der Waals surface area contributed by atoms with E-state index in [1.807, 2.05) is 19.2 Å². The number of nitrogens with zero attached hydrogens (tertiary/aromatic N) is 4. The summed E-state index contributed by atoms with van der Waals surface area (Å²) in [6.45, 7) is 4.95. The Balaban J connectivity index is 1.16. The molecule has 7 rings (SSSR count). The number of nitrogens with one attached hydrogen (secondary N) is 2. The third-order valence-corrected chi connectivity index (χ3v) is 8.93. The van der Waals surface area contributed by atoms with Crippen LogP contribution in [0, 0.1) is 5.92 Å². The van der Waals surface area contributed by atoms with Crippen molar-refractivity contribution in [2.45, 2.75) is 50.2 Å². The summed E-state index contributed by atoms with van der Waals surface area (Å²) in [4.78, 5) is 28.7. The molecule has 1 aromatic carbocycles. The number of benzene rings is 1. The van der Waals surface area contributed by atoms with Crippen molar-refractivity contribution in [3.63, 3.8) is 0 Å². The Labute approximate surface area is 232 Å². The summed E-state index contributed by atoms with van der Waals surface area (Å²) in [7, 11) is 1.82. The Hall–Kier alpha value is -3.60. The van der Waals surface area contributed by atoms with E-state index < -0.39 is 6.10 Å². The second kappa shape index (κ2) is 9.79. The highest BCUT2D eigenvalue weighted by molar-refractivity contribution is 6.03. The number of oxazole rings is 1. The van der Waals surface area contributed by atoms with Crippen LogP contribution in [0.1, 0.15) is 44.1 Å². The molecule has 2 aliphatic heterocycles. The minimum atomic E-state index is -0.442. The summed E-state index contributed by atoms with van der Waals surface area (Å²) in [6, 6.07) is 8.15. The van der Waals surface area contributed by atoms with Crippen LogP contribution in [0.2, 0.25) is 0 Å². The third-order valence-electron chi connectivity index (χ3n) is 8.93. The van der Waals surface area contributed by atoms with E-state index >= 15 is 0 Å². The lowest BCUT2D eigenvalue weighted by Crippen LogP contribution is -2.56. The quantitative estimate of drug-likeness (QED) is 0.329. The van der Waals surface area contributed by atoms with Crippen molar-refractivity contribution in [1.29, 1.82) is 0 Å². The Morgan fingerprint density at radius 1 is 1.10 bits per heavy atom. The summed E-state index contributed by atoms with van der Waals surface area (Å²) in [6.07, 6.45) is 6.93. The standard InChI is InChI=1S/C30H34N6O4/c1-30(16-39-15-25(30)37)36-9-7-17(8-10-36)19-5-6-24-23(11-19)34-29(40-24)22-14-33-27(31-2)21-13-32-26(12-20(21)22)35-28(38)18-3-4-18/h5-6,11-14,17-18,25,37H,3-4,7-10,15-16H2,1-2H3,(H,31,33)(H,32,35,38). The number of carbonyl (C=O) groups is 1. The van der Waals surface area contributed by atoms with Crippen LogP contribution in [0.4, 0.5) is 11.6 Å². The van der Waals surface area contributed by atoms with Crippen LogP contribution in [0.3, 0.4) is 0 Å². The van der Waals surface area contributed by atoms with Crippen molar-refractivity contribution in [2.24, 2.45) is 5.92 Å². The number of aromatic nitrogens is 3. The third kappa shape index (κ3) is 4.40. The van der Waals surface area contributed by atoms with Gasteiger partial charge in [-0.15, -0.1) is 0 Å². The predicted octanol–water partition coefficient (Wildman–Crippen LogP) is 4.16. The first-order valence-corrected chi connectivity index (χ1v) is 14.1. The molecular formula is C30H34N6O4. The zero-order valence-electron chi connectivity index (χ0n) is 22.8. The molecule has 4 aromatic rings. The van der Waals surface area contributed by atoms with Crippen molar-refractivity contribution >= 4 is 39.4 Å². The molecule has 5 heterocycles. The second-order valence-corrected chi connectivity index (χ2v) is 11.5. The zero-order chi connectivity index (χ0) is 27.4. The molecule has 10 heteroatoms. The van der Waals surface area contributed by atoms with Gasteiger partial charge in [0.15, 0.2) is 5.58 Å². The smallest absolute Gasteiger partial charge is 0.229 e. The fraction of sp³-hybridized carbons (Fsp3) is 0.467. The van der Waals surface area contributed by atoms with Gasteiger partial charge in [0.1, 0.15) is 17.2 Å². The lowest BCUT2D eigenvalue weighted by atomic mass is 9.86. The highest BCUT2D eigenvalue weighted by Gasteiger charge is 2.44. The Kier molecular flexibility index (Phi) is 6.21. The molecule has 1 saturated carbocycles. The molecule has 208 valence electrons. The van der Waals surface area contributed by atoms with Crippen LogP contribution in [-0.4, -0.2) is 75.9 Å². The number of carbonyl (C=O) groups excluding carboxylic acids is 1. The van der Waals surface area contributed by atoms with E-state index in [9.17, 15) is 9.90 Å². The van der Waals surface area contributed by atoms with Gasteiger partial charge < -0.3 is 24.9 Å². The maximum absolute atomic E-state index is 12.4. The van der Waals surface area contributed by atoms with Crippen LogP contribution < -0.4 is 10.6 Å². The number of ether oxygens (including phenoxy) is 1. The minimum Gasteiger partial charge on any atom is -0.436 e. The fourth-order valence-electron chi connectivity index (χ4n) is 6.14. The molecule has 2 atom stereocenters. The van der Waals surface area contributed by atoms with Gasteiger partial charge in [-0.25, -0.2) is 15.0 Å². The van der Waals surface area contributed by atoms with Crippen LogP contribution in [0.5, 0.6) is 0 Å². The summed E-state index contributed by atoms with van der Waals surface area (Å²) < 4.78 is 11.8. The van der Waals surface area contributed by atoms with Crippen molar-refractivity contribution in [1.82, 2.24) is 19.9 Å². The number of aliphatic hydroxyl groups is 1. The molecule has 3 aliphatic rings. The molecular weight excluding hydrogens is 508 g/mol. The molecule has 40 heavy (non-hydrogen) atoms. The number of rotatable bonds is 6. The van der Waals surface area contributed by atoms with Gasteiger partial charge in [0.05, 0.1) is 30.4 Å². The SMILES string of the molecule is CNc1ncc(-c2nc3cc(C4CCN(C5(C)COCC5O)CC4)ccc3o2)c2cc(NC(=O)C3CC3)ncc12. The number of anilines is 2. The van der Waals surface area contributed by atoms with E-state index in [1.165, 1.54) is 5.56 Å². The zero-order valence-corrected chi connectivity index (χ0v) is 22.8. The van der Waals surface area contributed by atoms with Gasteiger partial charge in [-0.3, -0.25) is 9.69 Å². The van der Waals surface area contributed by atoms with E-state index in [-0.39, 0.29) is 17.4 Å². The number of pyridine rings is 2. The summed E-state index contributed by atoms with van der Waals surface area (Å²) in [5.41, 5.74) is 3.23. The number of piperidine rings is 1. The number of amides is 1. The van der Waals surface area contributed by atoms with Crippen LogP contribution in [0.25, 0.3) is 33.3 Å². The summed E-state index contributed by atoms with van der Waals surface area (Å²) in [5, 5.41) is 18.2. The molecule has 3 aromatic heterocycles. The normalized spacial score (nSPS) is 24.1. The number of fused-ring (bicyclic) bond motifs is 2. The van der Waals surface area contributed by atoms with Crippen molar-refractivity contribution in [3.8, 4) is 11.5 Å². The van der Waals surface area contributed by atoms with Gasteiger partial charge >= 0.3 is 0 Å². The van der Waals surface area contributed by atoms with E-state index in [1.54, 1.807) is 12.4 Å². The highest BCUT2D eigenvalue weighted by Crippen LogP contribution is 2.38. The van der Waals surface area contributed by atoms with Gasteiger partial charge in [-0.2, -0.15) is 0 Å². The van der Waals surface area contributed by atoms with E-state index in [2.05, 4.69) is 44.6 Å². The number of hydrogen-bond acceptors (Lipinski definition) is 9.